The Labute approximate surface area is 115 Å². The average Bonchev–Trinajstić information content (AvgIpc) is 2.89. The van der Waals surface area contributed by atoms with Gasteiger partial charge in [0.2, 0.25) is 0 Å². The number of rotatable bonds is 2. The summed E-state index contributed by atoms with van der Waals surface area (Å²) in [5.41, 5.74) is 6.39. The molecule has 19 heavy (non-hydrogen) atoms. The molecule has 1 N–H and O–H groups in total. The zero-order valence-corrected chi connectivity index (χ0v) is 10.7. The number of hydrogen-bond acceptors (Lipinski definition) is 2. The Bertz CT molecular complexity index is 736. The lowest BCUT2D eigenvalue weighted by Gasteiger charge is -2.06. The number of pyridine rings is 1. The van der Waals surface area contributed by atoms with Crippen LogP contribution in [0.15, 0.2) is 64.4 Å². The molecule has 1 aromatic heterocycles. The molecule has 1 aromatic rings. The molecule has 0 aromatic carbocycles. The van der Waals surface area contributed by atoms with Gasteiger partial charge in [-0.15, -0.1) is 0 Å². The molecule has 1 fully saturated rings. The molecule has 1 amide bonds. The minimum atomic E-state index is -0.107. The van der Waals surface area contributed by atoms with Crippen molar-refractivity contribution in [1.82, 2.24) is 4.98 Å². The van der Waals surface area contributed by atoms with E-state index in [0.717, 1.165) is 17.6 Å². The predicted molar refractivity (Wildman–Crippen MR) is 73.8 cm³/mol. The van der Waals surface area contributed by atoms with Crippen LogP contribution in [0.5, 0.6) is 0 Å². The molecule has 92 valence electrons. The van der Waals surface area contributed by atoms with Crippen LogP contribution in [0.1, 0.15) is 6.42 Å². The zero-order chi connectivity index (χ0) is 13.0. The standard InChI is InChI=1S/C15H9ClN2O/c16-14-4-1-9(7-17-14)18-15(19)11-3-2-10-12-5-8(12)6-13(10)11/h1-4,6-7H,5H2,(H,18,19). The van der Waals surface area contributed by atoms with Crippen LogP contribution in [0, 0.1) is 0 Å². The number of carbonyl (C=O) groups excluding carboxylic acids is 1. The highest BCUT2D eigenvalue weighted by atomic mass is 35.5. The van der Waals surface area contributed by atoms with E-state index in [4.69, 9.17) is 11.6 Å². The highest BCUT2D eigenvalue weighted by Gasteiger charge is 2.35. The van der Waals surface area contributed by atoms with Crippen molar-refractivity contribution in [2.75, 3.05) is 5.32 Å². The largest absolute Gasteiger partial charge is 0.321 e. The fraction of sp³-hybridized carbons (Fsp3) is 0.0667. The number of halogens is 1. The van der Waals surface area contributed by atoms with Gasteiger partial charge < -0.3 is 5.32 Å². The molecule has 1 heterocycles. The first kappa shape index (κ1) is 10.8. The Morgan fingerprint density at radius 1 is 1.26 bits per heavy atom. The van der Waals surface area contributed by atoms with Crippen LogP contribution >= 0.6 is 11.6 Å². The molecule has 0 radical (unpaired) electrons. The minimum absolute atomic E-state index is 0.107. The lowest BCUT2D eigenvalue weighted by atomic mass is 10.1. The third-order valence-electron chi connectivity index (χ3n) is 3.50. The molecule has 4 heteroatoms. The van der Waals surface area contributed by atoms with Gasteiger partial charge >= 0.3 is 0 Å². The molecule has 0 saturated heterocycles. The maximum Gasteiger partial charge on any atom is 0.256 e. The Balaban J connectivity index is 1.61. The van der Waals surface area contributed by atoms with E-state index in [9.17, 15) is 4.79 Å². The summed E-state index contributed by atoms with van der Waals surface area (Å²) in [5, 5.41) is 3.24. The highest BCUT2D eigenvalue weighted by molar-refractivity contribution is 6.29. The molecule has 3 nitrogen and oxygen atoms in total. The number of aromatic nitrogens is 1. The number of anilines is 1. The number of carbonyl (C=O) groups is 1. The van der Waals surface area contributed by atoms with Crippen molar-refractivity contribution < 1.29 is 4.79 Å². The number of nitrogens with one attached hydrogen (secondary N) is 1. The molecule has 0 atom stereocenters. The molecule has 0 spiro atoms. The van der Waals surface area contributed by atoms with Crippen molar-refractivity contribution in [3.8, 4) is 0 Å². The fourth-order valence-corrected chi connectivity index (χ4v) is 2.59. The maximum atomic E-state index is 12.2. The number of hydrogen-bond donors (Lipinski definition) is 1. The normalized spacial score (nSPS) is 18.5. The molecule has 0 aliphatic heterocycles. The van der Waals surface area contributed by atoms with Gasteiger partial charge in [0, 0.05) is 5.57 Å². The molecule has 0 unspecified atom stereocenters. The average molecular weight is 269 g/mol. The van der Waals surface area contributed by atoms with Gasteiger partial charge in [0.05, 0.1) is 11.9 Å². The van der Waals surface area contributed by atoms with Gasteiger partial charge in [-0.1, -0.05) is 17.7 Å². The van der Waals surface area contributed by atoms with Gasteiger partial charge in [-0.25, -0.2) is 4.98 Å². The van der Waals surface area contributed by atoms with Crippen LogP contribution < -0.4 is 5.32 Å². The maximum absolute atomic E-state index is 12.2. The first-order valence-electron chi connectivity index (χ1n) is 6.02. The summed E-state index contributed by atoms with van der Waals surface area (Å²) in [6.07, 6.45) is 8.64. The van der Waals surface area contributed by atoms with Gasteiger partial charge in [-0.3, -0.25) is 4.79 Å². The van der Waals surface area contributed by atoms with Crippen LogP contribution in [0.2, 0.25) is 5.15 Å². The van der Waals surface area contributed by atoms with E-state index in [1.54, 1.807) is 18.3 Å². The van der Waals surface area contributed by atoms with Crippen LogP contribution in [-0.4, -0.2) is 10.9 Å². The second-order valence-electron chi connectivity index (χ2n) is 4.72. The smallest absolute Gasteiger partial charge is 0.256 e. The monoisotopic (exact) mass is 268 g/mol. The predicted octanol–water partition coefficient (Wildman–Crippen LogP) is 3.18. The zero-order valence-electron chi connectivity index (χ0n) is 9.90. The summed E-state index contributed by atoms with van der Waals surface area (Å²) < 4.78 is 0. The van der Waals surface area contributed by atoms with Gasteiger partial charge in [0.15, 0.2) is 0 Å². The van der Waals surface area contributed by atoms with E-state index < -0.39 is 0 Å². The SMILES string of the molecule is O=C(Nc1ccc(Cl)nc1)C1=C2C=C3CC3=C2C=C1. The summed E-state index contributed by atoms with van der Waals surface area (Å²) in [6.45, 7) is 0. The highest BCUT2D eigenvalue weighted by Crippen LogP contribution is 2.51. The van der Waals surface area contributed by atoms with E-state index in [-0.39, 0.29) is 5.91 Å². The molecule has 0 bridgehead atoms. The quantitative estimate of drug-likeness (QED) is 0.837. The first-order chi connectivity index (χ1) is 9.22. The van der Waals surface area contributed by atoms with Crippen LogP contribution in [-0.2, 0) is 4.79 Å². The van der Waals surface area contributed by atoms with Crippen LogP contribution in [0.3, 0.4) is 0 Å². The van der Waals surface area contributed by atoms with Crippen LogP contribution in [0.25, 0.3) is 0 Å². The summed E-state index contributed by atoms with van der Waals surface area (Å²) in [4.78, 5) is 16.2. The van der Waals surface area contributed by atoms with Crippen molar-refractivity contribution in [1.29, 1.82) is 0 Å². The number of nitrogens with zero attached hydrogens (tertiary/aromatic N) is 1. The van der Waals surface area contributed by atoms with Crippen molar-refractivity contribution in [2.24, 2.45) is 0 Å². The molecule has 4 rings (SSSR count). The third kappa shape index (κ3) is 1.66. The van der Waals surface area contributed by atoms with E-state index >= 15 is 0 Å². The van der Waals surface area contributed by atoms with Gasteiger partial charge in [0.1, 0.15) is 5.15 Å². The molecule has 1 saturated carbocycles. The van der Waals surface area contributed by atoms with Gasteiger partial charge in [-0.05, 0) is 53.0 Å². The second kappa shape index (κ2) is 3.68. The minimum Gasteiger partial charge on any atom is -0.321 e. The topological polar surface area (TPSA) is 42.0 Å². The van der Waals surface area contributed by atoms with Crippen molar-refractivity contribution in [2.45, 2.75) is 6.42 Å². The van der Waals surface area contributed by atoms with Gasteiger partial charge in [-0.2, -0.15) is 0 Å². The summed E-state index contributed by atoms with van der Waals surface area (Å²) in [6, 6.07) is 3.39. The Morgan fingerprint density at radius 3 is 2.95 bits per heavy atom. The summed E-state index contributed by atoms with van der Waals surface area (Å²) >= 11 is 5.71. The van der Waals surface area contributed by atoms with Crippen molar-refractivity contribution in [3.63, 3.8) is 0 Å². The number of amides is 1. The summed E-state index contributed by atoms with van der Waals surface area (Å²) in [7, 11) is 0. The number of allylic oxidation sites excluding steroid dienone is 6. The molecular formula is C15H9ClN2O. The third-order valence-corrected chi connectivity index (χ3v) is 3.72. The van der Waals surface area contributed by atoms with E-state index in [1.165, 1.54) is 16.7 Å². The first-order valence-corrected chi connectivity index (χ1v) is 6.40. The Kier molecular flexibility index (Phi) is 2.09. The number of fused-ring (bicyclic) bond motifs is 2. The van der Waals surface area contributed by atoms with Crippen molar-refractivity contribution >= 4 is 23.2 Å². The molecular weight excluding hydrogens is 260 g/mol. The molecule has 3 aliphatic rings. The van der Waals surface area contributed by atoms with E-state index in [0.29, 0.717) is 10.8 Å². The van der Waals surface area contributed by atoms with Crippen LogP contribution in [0.4, 0.5) is 5.69 Å². The fourth-order valence-electron chi connectivity index (χ4n) is 2.48. The Morgan fingerprint density at radius 2 is 2.16 bits per heavy atom. The lowest BCUT2D eigenvalue weighted by molar-refractivity contribution is -0.112. The lowest BCUT2D eigenvalue weighted by Crippen LogP contribution is -2.13. The summed E-state index contributed by atoms with van der Waals surface area (Å²) in [5.74, 6) is -0.107. The Hall–Kier alpha value is -2.13. The van der Waals surface area contributed by atoms with E-state index in [1.807, 2.05) is 12.2 Å². The van der Waals surface area contributed by atoms with E-state index in [2.05, 4.69) is 16.4 Å². The van der Waals surface area contributed by atoms with Gasteiger partial charge in [0.25, 0.3) is 5.91 Å². The van der Waals surface area contributed by atoms with Crippen molar-refractivity contribution in [3.05, 3.63) is 69.6 Å². The second-order valence-corrected chi connectivity index (χ2v) is 5.11. The molecule has 3 aliphatic carbocycles.